The smallest absolute Gasteiger partial charge is 0.414 e. The van der Waals surface area contributed by atoms with Crippen molar-refractivity contribution in [2.75, 3.05) is 6.61 Å². The van der Waals surface area contributed by atoms with E-state index >= 15 is 0 Å². The predicted molar refractivity (Wildman–Crippen MR) is 108 cm³/mol. The second-order valence-electron chi connectivity index (χ2n) is 7.71. The normalized spacial score (nSPS) is 23.5. The van der Waals surface area contributed by atoms with Gasteiger partial charge in [-0.3, -0.25) is 11.1 Å². The summed E-state index contributed by atoms with van der Waals surface area (Å²) in [5.41, 5.74) is 5.39. The van der Waals surface area contributed by atoms with Gasteiger partial charge in [-0.2, -0.15) is 13.2 Å². The van der Waals surface area contributed by atoms with Crippen LogP contribution in [0.25, 0.3) is 22.7 Å². The average molecular weight is 467 g/mol. The number of ether oxygens (including phenoxy) is 2. The molecule has 2 aromatic heterocycles. The molecule has 0 saturated carbocycles. The van der Waals surface area contributed by atoms with Crippen molar-refractivity contribution in [1.82, 2.24) is 20.4 Å². The molecule has 0 bridgehead atoms. The van der Waals surface area contributed by atoms with Gasteiger partial charge in [-0.25, -0.2) is 14.4 Å². The molecule has 0 amide bonds. The van der Waals surface area contributed by atoms with Crippen LogP contribution in [0, 0.1) is 5.82 Å². The second kappa shape index (κ2) is 8.69. The Labute approximate surface area is 186 Å². The van der Waals surface area contributed by atoms with Crippen LogP contribution in [0.5, 0.6) is 5.88 Å². The average Bonchev–Trinajstić information content (AvgIpc) is 3.24. The molecular formula is C21H21F4N5O3. The van der Waals surface area contributed by atoms with E-state index in [0.29, 0.717) is 29.4 Å². The Hall–Kier alpha value is -3.09. The third-order valence-electron chi connectivity index (χ3n) is 5.27. The molecule has 0 radical (unpaired) electrons. The van der Waals surface area contributed by atoms with Gasteiger partial charge in [0, 0.05) is 29.2 Å². The van der Waals surface area contributed by atoms with Crippen molar-refractivity contribution in [2.45, 2.75) is 44.4 Å². The minimum absolute atomic E-state index is 0.00758. The Bertz CT molecular complexity index is 1120. The Kier molecular flexibility index (Phi) is 6.08. The van der Waals surface area contributed by atoms with Crippen LogP contribution in [0.1, 0.15) is 25.8 Å². The first-order valence-corrected chi connectivity index (χ1v) is 10.1. The van der Waals surface area contributed by atoms with E-state index in [1.54, 1.807) is 6.07 Å². The Morgan fingerprint density at radius 1 is 1.21 bits per heavy atom. The molecular weight excluding hydrogens is 446 g/mol. The van der Waals surface area contributed by atoms with E-state index in [4.69, 9.17) is 19.7 Å². The molecule has 3 atom stereocenters. The number of nitrogens with two attached hydrogens (primary N) is 1. The van der Waals surface area contributed by atoms with Crippen LogP contribution in [0.2, 0.25) is 0 Å². The van der Waals surface area contributed by atoms with Gasteiger partial charge in [0.15, 0.2) is 18.2 Å². The summed E-state index contributed by atoms with van der Waals surface area (Å²) in [5.74, 6) is -0.0594. The highest BCUT2D eigenvalue weighted by Gasteiger charge is 2.50. The molecule has 1 saturated heterocycles. The number of nitrogens with one attached hydrogen (secondary N) is 1. The van der Waals surface area contributed by atoms with Crippen LogP contribution in [-0.4, -0.2) is 40.4 Å². The first kappa shape index (κ1) is 23.1. The third kappa shape index (κ3) is 4.82. The lowest BCUT2D eigenvalue weighted by atomic mass is 9.83. The molecule has 3 N–H and O–H groups in total. The lowest BCUT2D eigenvalue weighted by Crippen LogP contribution is -2.61. The number of nitrogens with zero attached hydrogens (tertiary/aromatic N) is 3. The summed E-state index contributed by atoms with van der Waals surface area (Å²) in [6.45, 7) is 3.71. The van der Waals surface area contributed by atoms with E-state index in [1.807, 2.05) is 6.92 Å². The van der Waals surface area contributed by atoms with Crippen molar-refractivity contribution in [3.8, 4) is 28.6 Å². The predicted octanol–water partition coefficient (Wildman–Crippen LogP) is 3.73. The van der Waals surface area contributed by atoms with Crippen LogP contribution in [-0.2, 0) is 10.3 Å². The van der Waals surface area contributed by atoms with Gasteiger partial charge >= 0.3 is 6.18 Å². The third-order valence-corrected chi connectivity index (χ3v) is 5.27. The molecule has 1 unspecified atom stereocenters. The Morgan fingerprint density at radius 3 is 2.67 bits per heavy atom. The fourth-order valence-electron chi connectivity index (χ4n) is 3.69. The summed E-state index contributed by atoms with van der Waals surface area (Å²) in [6, 6.07) is 5.57. The van der Waals surface area contributed by atoms with E-state index in [-0.39, 0.29) is 11.3 Å². The molecule has 8 nitrogen and oxygen atoms in total. The molecule has 1 aromatic carbocycles. The summed E-state index contributed by atoms with van der Waals surface area (Å²) in [6.07, 6.45) is -5.86. The number of benzene rings is 1. The van der Waals surface area contributed by atoms with Crippen LogP contribution in [0.15, 0.2) is 41.2 Å². The molecule has 0 spiro atoms. The maximum Gasteiger partial charge on any atom is 0.414 e. The summed E-state index contributed by atoms with van der Waals surface area (Å²) in [4.78, 5) is 8.33. The SMILES string of the molecule is CCOc1cnc(-c2cc(-c3ccc(F)c([C@]4(C)C[C@@H](C(F)(F)F)OC(N)N4)c3)on2)cn1. The summed E-state index contributed by atoms with van der Waals surface area (Å²) in [5, 5.41) is 6.68. The lowest BCUT2D eigenvalue weighted by molar-refractivity contribution is -0.260. The zero-order chi connectivity index (χ0) is 23.8. The molecule has 1 aliphatic rings. The van der Waals surface area contributed by atoms with Crippen molar-refractivity contribution in [3.63, 3.8) is 0 Å². The molecule has 33 heavy (non-hydrogen) atoms. The minimum atomic E-state index is -4.65. The minimum Gasteiger partial charge on any atom is -0.477 e. The van der Waals surface area contributed by atoms with Gasteiger partial charge < -0.3 is 14.0 Å². The van der Waals surface area contributed by atoms with Crippen molar-refractivity contribution in [2.24, 2.45) is 5.73 Å². The zero-order valence-corrected chi connectivity index (χ0v) is 17.7. The highest BCUT2D eigenvalue weighted by Crippen LogP contribution is 2.40. The maximum atomic E-state index is 14.8. The zero-order valence-electron chi connectivity index (χ0n) is 17.7. The standard InChI is InChI=1S/C21H21F4N5O3/c1-3-31-18-10-27-15(9-28-18)14-7-16(33-30-14)11-4-5-13(22)12(6-11)20(2)8-17(21(23,24)25)32-19(26)29-20/h4-7,9-10,17,19,29H,3,8,26H2,1-2H3/t17-,19?,20-/m0/s1. The van der Waals surface area contributed by atoms with E-state index in [1.165, 1.54) is 31.5 Å². The lowest BCUT2D eigenvalue weighted by Gasteiger charge is -2.43. The largest absolute Gasteiger partial charge is 0.477 e. The van der Waals surface area contributed by atoms with Crippen molar-refractivity contribution in [1.29, 1.82) is 0 Å². The number of alkyl halides is 3. The topological polar surface area (TPSA) is 108 Å². The van der Waals surface area contributed by atoms with Crippen LogP contribution in [0.3, 0.4) is 0 Å². The maximum absolute atomic E-state index is 14.8. The van der Waals surface area contributed by atoms with E-state index in [9.17, 15) is 17.6 Å². The quantitative estimate of drug-likeness (QED) is 0.547. The van der Waals surface area contributed by atoms with Gasteiger partial charge in [0.05, 0.1) is 19.0 Å². The fraction of sp³-hybridized carbons (Fsp3) is 0.381. The molecule has 3 aromatic rings. The number of hydrogen-bond donors (Lipinski definition) is 2. The molecule has 3 heterocycles. The van der Waals surface area contributed by atoms with Crippen molar-refractivity contribution < 1.29 is 31.6 Å². The highest BCUT2D eigenvalue weighted by atomic mass is 19.4. The number of aromatic nitrogens is 3. The molecule has 1 aliphatic heterocycles. The van der Waals surface area contributed by atoms with E-state index in [2.05, 4.69) is 20.4 Å². The summed E-state index contributed by atoms with van der Waals surface area (Å²) >= 11 is 0. The number of halogens is 4. The summed E-state index contributed by atoms with van der Waals surface area (Å²) < 4.78 is 70.1. The van der Waals surface area contributed by atoms with Crippen LogP contribution in [0.4, 0.5) is 17.6 Å². The number of hydrogen-bond acceptors (Lipinski definition) is 8. The van der Waals surface area contributed by atoms with Crippen molar-refractivity contribution >= 4 is 0 Å². The first-order valence-electron chi connectivity index (χ1n) is 10.1. The van der Waals surface area contributed by atoms with Crippen molar-refractivity contribution in [3.05, 3.63) is 48.0 Å². The van der Waals surface area contributed by atoms with Gasteiger partial charge in [0.2, 0.25) is 5.88 Å². The first-order chi connectivity index (χ1) is 15.6. The Balaban J connectivity index is 1.64. The second-order valence-corrected chi connectivity index (χ2v) is 7.71. The van der Waals surface area contributed by atoms with Gasteiger partial charge in [-0.05, 0) is 32.0 Å². The van der Waals surface area contributed by atoms with E-state index < -0.39 is 36.4 Å². The number of rotatable bonds is 5. The van der Waals surface area contributed by atoms with Gasteiger partial charge in [0.25, 0.3) is 0 Å². The monoisotopic (exact) mass is 467 g/mol. The van der Waals surface area contributed by atoms with Gasteiger partial charge in [-0.15, -0.1) is 0 Å². The Morgan fingerprint density at radius 2 is 2.00 bits per heavy atom. The van der Waals surface area contributed by atoms with Gasteiger partial charge in [-0.1, -0.05) is 5.16 Å². The molecule has 4 rings (SSSR count). The van der Waals surface area contributed by atoms with Crippen LogP contribution < -0.4 is 15.8 Å². The molecule has 1 fully saturated rings. The fourth-order valence-corrected chi connectivity index (χ4v) is 3.69. The summed E-state index contributed by atoms with van der Waals surface area (Å²) in [7, 11) is 0. The molecule has 176 valence electrons. The molecule has 12 heteroatoms. The van der Waals surface area contributed by atoms with E-state index in [0.717, 1.165) is 6.07 Å². The van der Waals surface area contributed by atoms with Gasteiger partial charge in [0.1, 0.15) is 17.2 Å². The highest BCUT2D eigenvalue weighted by molar-refractivity contribution is 5.65. The molecule has 0 aliphatic carbocycles. The van der Waals surface area contributed by atoms with Crippen LogP contribution >= 0.6 is 0 Å².